The summed E-state index contributed by atoms with van der Waals surface area (Å²) in [5.74, 6) is 1.13. The van der Waals surface area contributed by atoms with E-state index in [0.29, 0.717) is 12.1 Å². The Balaban J connectivity index is 1.94. The molecule has 0 radical (unpaired) electrons. The molecule has 0 aromatic carbocycles. The molecule has 2 aliphatic rings. The first-order valence-corrected chi connectivity index (χ1v) is 6.13. The second-order valence-corrected chi connectivity index (χ2v) is 5.06. The van der Waals surface area contributed by atoms with Gasteiger partial charge in [0.2, 0.25) is 0 Å². The molecule has 86 valence electrons. The van der Waals surface area contributed by atoms with Crippen LogP contribution in [0.5, 0.6) is 0 Å². The molecule has 1 aromatic heterocycles. The number of hydrogen-bond donors (Lipinski definition) is 1. The Labute approximate surface area is 96.1 Å². The van der Waals surface area contributed by atoms with E-state index in [9.17, 15) is 5.11 Å². The first-order valence-electron chi connectivity index (χ1n) is 6.13. The largest absolute Gasteiger partial charge is 0.393 e. The van der Waals surface area contributed by atoms with Crippen molar-refractivity contribution in [1.82, 2.24) is 4.98 Å². The maximum absolute atomic E-state index is 9.78. The summed E-state index contributed by atoms with van der Waals surface area (Å²) in [7, 11) is 0. The monoisotopic (exact) mass is 218 g/mol. The molecule has 3 rings (SSSR count). The molecule has 3 nitrogen and oxygen atoms in total. The molecule has 1 N–H and O–H groups in total. The van der Waals surface area contributed by atoms with E-state index in [-0.39, 0.29) is 6.10 Å². The van der Waals surface area contributed by atoms with Crippen LogP contribution in [0.1, 0.15) is 31.2 Å². The lowest BCUT2D eigenvalue weighted by Crippen LogP contribution is -2.45. The Bertz CT molecular complexity index is 379. The van der Waals surface area contributed by atoms with Gasteiger partial charge in [0.15, 0.2) is 0 Å². The Morgan fingerprint density at radius 2 is 2.00 bits per heavy atom. The number of piperidine rings is 1. The Morgan fingerprint density at radius 1 is 1.31 bits per heavy atom. The average Bonchev–Trinajstić information content (AvgIpc) is 2.53. The Hall–Kier alpha value is -1.09. The van der Waals surface area contributed by atoms with Gasteiger partial charge >= 0.3 is 0 Å². The van der Waals surface area contributed by atoms with Crippen molar-refractivity contribution < 1.29 is 5.11 Å². The van der Waals surface area contributed by atoms with E-state index in [4.69, 9.17) is 0 Å². The summed E-state index contributed by atoms with van der Waals surface area (Å²) in [6.45, 7) is 2.12. The summed E-state index contributed by atoms with van der Waals surface area (Å²) in [4.78, 5) is 6.96. The molecule has 3 heteroatoms. The van der Waals surface area contributed by atoms with Gasteiger partial charge in [-0.3, -0.25) is 0 Å². The van der Waals surface area contributed by atoms with Crippen LogP contribution < -0.4 is 4.90 Å². The fourth-order valence-corrected chi connectivity index (χ4v) is 3.24. The molecule has 2 aliphatic heterocycles. The highest BCUT2D eigenvalue weighted by Gasteiger charge is 2.41. The molecule has 0 spiro atoms. The molecular weight excluding hydrogens is 200 g/mol. The van der Waals surface area contributed by atoms with Crippen LogP contribution in [-0.4, -0.2) is 28.3 Å². The Kier molecular flexibility index (Phi) is 2.36. The van der Waals surface area contributed by atoms with Crippen LogP contribution in [0, 0.1) is 6.92 Å². The van der Waals surface area contributed by atoms with Gasteiger partial charge in [0.05, 0.1) is 6.10 Å². The summed E-state index contributed by atoms with van der Waals surface area (Å²) in [5.41, 5.74) is 1.25. The third kappa shape index (κ3) is 1.50. The highest BCUT2D eigenvalue weighted by Crippen LogP contribution is 2.39. The Morgan fingerprint density at radius 3 is 2.62 bits per heavy atom. The van der Waals surface area contributed by atoms with E-state index < -0.39 is 0 Å². The second-order valence-electron chi connectivity index (χ2n) is 5.06. The van der Waals surface area contributed by atoms with Crippen LogP contribution >= 0.6 is 0 Å². The molecule has 2 atom stereocenters. The smallest absolute Gasteiger partial charge is 0.131 e. The highest BCUT2D eigenvalue weighted by atomic mass is 16.3. The molecule has 2 saturated heterocycles. The number of pyridine rings is 1. The average molecular weight is 218 g/mol. The number of nitrogens with zero attached hydrogens (tertiary/aromatic N) is 2. The van der Waals surface area contributed by atoms with Gasteiger partial charge in [-0.2, -0.15) is 0 Å². The van der Waals surface area contributed by atoms with Crippen molar-refractivity contribution in [2.24, 2.45) is 0 Å². The number of aliphatic hydroxyl groups excluding tert-OH is 1. The van der Waals surface area contributed by atoms with Crippen molar-refractivity contribution in [2.45, 2.75) is 50.8 Å². The predicted octanol–water partition coefficient (Wildman–Crippen LogP) is 1.88. The second kappa shape index (κ2) is 3.74. The zero-order valence-corrected chi connectivity index (χ0v) is 9.63. The number of aromatic nitrogens is 1. The summed E-state index contributed by atoms with van der Waals surface area (Å²) < 4.78 is 0. The summed E-state index contributed by atoms with van der Waals surface area (Å²) in [6.07, 6.45) is 6.00. The van der Waals surface area contributed by atoms with Crippen molar-refractivity contribution in [3.8, 4) is 0 Å². The van der Waals surface area contributed by atoms with Crippen molar-refractivity contribution in [3.05, 3.63) is 23.9 Å². The van der Waals surface area contributed by atoms with Crippen molar-refractivity contribution in [3.63, 3.8) is 0 Å². The third-order valence-electron chi connectivity index (χ3n) is 3.93. The van der Waals surface area contributed by atoms with E-state index in [1.165, 1.54) is 18.4 Å². The number of aryl methyl sites for hydroxylation is 1. The van der Waals surface area contributed by atoms with Gasteiger partial charge < -0.3 is 10.0 Å². The van der Waals surface area contributed by atoms with Gasteiger partial charge in [-0.15, -0.1) is 0 Å². The summed E-state index contributed by atoms with van der Waals surface area (Å²) in [6, 6.07) is 5.11. The van der Waals surface area contributed by atoms with Crippen molar-refractivity contribution in [1.29, 1.82) is 0 Å². The minimum Gasteiger partial charge on any atom is -0.393 e. The minimum atomic E-state index is -0.0993. The first-order chi connectivity index (χ1) is 7.75. The van der Waals surface area contributed by atoms with E-state index in [0.717, 1.165) is 18.7 Å². The number of fused-ring (bicyclic) bond motifs is 2. The first kappa shape index (κ1) is 10.1. The van der Waals surface area contributed by atoms with Gasteiger partial charge in [-0.1, -0.05) is 6.07 Å². The van der Waals surface area contributed by atoms with Crippen LogP contribution in [0.4, 0.5) is 5.82 Å². The highest BCUT2D eigenvalue weighted by molar-refractivity contribution is 5.49. The van der Waals surface area contributed by atoms with Gasteiger partial charge in [0.25, 0.3) is 0 Å². The van der Waals surface area contributed by atoms with Crippen molar-refractivity contribution >= 4 is 5.82 Å². The third-order valence-corrected chi connectivity index (χ3v) is 3.93. The fraction of sp³-hybridized carbons (Fsp3) is 0.615. The summed E-state index contributed by atoms with van der Waals surface area (Å²) >= 11 is 0. The molecular formula is C13H18N2O. The normalized spacial score (nSPS) is 33.1. The number of hydrogen-bond acceptors (Lipinski definition) is 3. The van der Waals surface area contributed by atoms with Crippen LogP contribution in [0.25, 0.3) is 0 Å². The lowest BCUT2D eigenvalue weighted by Gasteiger charge is -2.38. The van der Waals surface area contributed by atoms with Gasteiger partial charge in [-0.05, 0) is 44.2 Å². The van der Waals surface area contributed by atoms with Crippen molar-refractivity contribution in [2.75, 3.05) is 4.90 Å². The maximum Gasteiger partial charge on any atom is 0.131 e. The predicted molar refractivity (Wildman–Crippen MR) is 63.5 cm³/mol. The molecule has 3 heterocycles. The number of aliphatic hydroxyl groups is 1. The standard InChI is InChI=1S/C13H18N2O/c1-9-3-2-6-14-13(9)15-10-4-5-11(15)8-12(16)7-10/h2-3,6,10-12,16H,4-5,7-8H2,1H3. The molecule has 0 saturated carbocycles. The SMILES string of the molecule is Cc1cccnc1N1C2CCC1CC(O)C2. The van der Waals surface area contributed by atoms with Gasteiger partial charge in [-0.25, -0.2) is 4.98 Å². The minimum absolute atomic E-state index is 0.0993. The number of rotatable bonds is 1. The lowest BCUT2D eigenvalue weighted by molar-refractivity contribution is 0.126. The van der Waals surface area contributed by atoms with E-state index in [1.54, 1.807) is 0 Å². The van der Waals surface area contributed by atoms with Crippen LogP contribution in [0.3, 0.4) is 0 Å². The quantitative estimate of drug-likeness (QED) is 0.782. The summed E-state index contributed by atoms with van der Waals surface area (Å²) in [5, 5.41) is 9.78. The molecule has 2 fully saturated rings. The molecule has 2 bridgehead atoms. The molecule has 0 amide bonds. The number of anilines is 1. The molecule has 0 aliphatic carbocycles. The maximum atomic E-state index is 9.78. The van der Waals surface area contributed by atoms with Crippen LogP contribution in [-0.2, 0) is 0 Å². The fourth-order valence-electron chi connectivity index (χ4n) is 3.24. The zero-order valence-electron chi connectivity index (χ0n) is 9.63. The van der Waals surface area contributed by atoms with E-state index in [1.807, 2.05) is 12.3 Å². The molecule has 2 unspecified atom stereocenters. The molecule has 16 heavy (non-hydrogen) atoms. The topological polar surface area (TPSA) is 36.4 Å². The zero-order chi connectivity index (χ0) is 11.1. The van der Waals surface area contributed by atoms with Crippen LogP contribution in [0.2, 0.25) is 0 Å². The van der Waals surface area contributed by atoms with E-state index >= 15 is 0 Å². The molecule has 1 aromatic rings. The van der Waals surface area contributed by atoms with Crippen LogP contribution in [0.15, 0.2) is 18.3 Å². The van der Waals surface area contributed by atoms with Gasteiger partial charge in [0, 0.05) is 18.3 Å². The van der Waals surface area contributed by atoms with E-state index in [2.05, 4.69) is 22.9 Å². The lowest BCUT2D eigenvalue weighted by atomic mass is 9.99. The van der Waals surface area contributed by atoms with Gasteiger partial charge in [0.1, 0.15) is 5.82 Å².